The Balaban J connectivity index is 1.54. The Morgan fingerprint density at radius 1 is 1.21 bits per heavy atom. The third-order valence-corrected chi connectivity index (χ3v) is 6.68. The van der Waals surface area contributed by atoms with Crippen LogP contribution < -0.4 is 4.90 Å². The number of anilines is 1. The van der Waals surface area contributed by atoms with E-state index in [1.165, 1.54) is 10.6 Å². The van der Waals surface area contributed by atoms with Gasteiger partial charge in [-0.05, 0) is 26.0 Å². The van der Waals surface area contributed by atoms with Crippen molar-refractivity contribution in [2.24, 2.45) is 0 Å². The summed E-state index contributed by atoms with van der Waals surface area (Å²) in [5.74, 6) is 1.21. The van der Waals surface area contributed by atoms with E-state index in [1.807, 2.05) is 6.07 Å². The Kier molecular flexibility index (Phi) is 4.44. The van der Waals surface area contributed by atoms with Gasteiger partial charge in [-0.2, -0.15) is 14.6 Å². The minimum atomic E-state index is -3.71. The van der Waals surface area contributed by atoms with E-state index in [2.05, 4.69) is 10.1 Å². The number of aryl methyl sites for hydroxylation is 2. The van der Waals surface area contributed by atoms with Crippen LogP contribution in [-0.2, 0) is 10.0 Å². The summed E-state index contributed by atoms with van der Waals surface area (Å²) in [4.78, 5) is 6.07. The molecule has 28 heavy (non-hydrogen) atoms. The van der Waals surface area contributed by atoms with Gasteiger partial charge in [0.2, 0.25) is 21.6 Å². The fourth-order valence-corrected chi connectivity index (χ4v) is 4.92. The van der Waals surface area contributed by atoms with Gasteiger partial charge in [-0.1, -0.05) is 5.16 Å². The molecular weight excluding hydrogens is 386 g/mol. The molecule has 4 rings (SSSR count). The van der Waals surface area contributed by atoms with Gasteiger partial charge in [0, 0.05) is 26.2 Å². The lowest BCUT2D eigenvalue weighted by Gasteiger charge is -2.33. The minimum Gasteiger partial charge on any atom is -0.459 e. The molecule has 0 unspecified atom stereocenters. The number of hydrogen-bond donors (Lipinski definition) is 0. The fourth-order valence-electron chi connectivity index (χ4n) is 3.21. The summed E-state index contributed by atoms with van der Waals surface area (Å²) in [6.45, 7) is 4.34. The molecule has 11 heteroatoms. The molecule has 146 valence electrons. The molecule has 1 fully saturated rings. The summed E-state index contributed by atoms with van der Waals surface area (Å²) in [6.07, 6.45) is 1.49. The first-order valence-electron chi connectivity index (χ1n) is 8.54. The topological polar surface area (TPSA) is 130 Å². The molecule has 4 heterocycles. The molecule has 0 N–H and O–H groups in total. The molecule has 0 saturated carbocycles. The van der Waals surface area contributed by atoms with Gasteiger partial charge in [0.05, 0.1) is 6.26 Å². The lowest BCUT2D eigenvalue weighted by atomic mass is 10.3. The van der Waals surface area contributed by atoms with Crippen molar-refractivity contribution in [1.29, 1.82) is 5.26 Å². The highest BCUT2D eigenvalue weighted by atomic mass is 32.2. The molecule has 1 aliphatic heterocycles. The molecule has 0 aliphatic carbocycles. The Hall–Kier alpha value is -3.10. The third kappa shape index (κ3) is 2.96. The molecule has 3 aromatic heterocycles. The third-order valence-electron chi connectivity index (χ3n) is 4.54. The maximum absolute atomic E-state index is 12.9. The van der Waals surface area contributed by atoms with Crippen molar-refractivity contribution in [3.05, 3.63) is 35.5 Å². The maximum Gasteiger partial charge on any atom is 0.266 e. The molecule has 1 aliphatic rings. The predicted octanol–water partition coefficient (Wildman–Crippen LogP) is 1.92. The number of oxazole rings is 1. The predicted molar refractivity (Wildman–Crippen MR) is 95.9 cm³/mol. The molecule has 0 amide bonds. The number of furan rings is 1. The van der Waals surface area contributed by atoms with Crippen molar-refractivity contribution >= 4 is 15.9 Å². The Labute approximate surface area is 161 Å². The second kappa shape index (κ2) is 6.81. The monoisotopic (exact) mass is 403 g/mol. The lowest BCUT2D eigenvalue weighted by molar-refractivity contribution is 0.370. The van der Waals surface area contributed by atoms with E-state index < -0.39 is 10.0 Å². The summed E-state index contributed by atoms with van der Waals surface area (Å²) in [7, 11) is -3.71. The van der Waals surface area contributed by atoms with Crippen LogP contribution in [0.4, 0.5) is 5.88 Å². The van der Waals surface area contributed by atoms with E-state index >= 15 is 0 Å². The molecule has 3 aromatic rings. The van der Waals surface area contributed by atoms with Gasteiger partial charge in [-0.15, -0.1) is 0 Å². The quantitative estimate of drug-likeness (QED) is 0.641. The van der Waals surface area contributed by atoms with Crippen LogP contribution in [0, 0.1) is 25.2 Å². The van der Waals surface area contributed by atoms with Crippen LogP contribution in [0.3, 0.4) is 0 Å². The lowest BCUT2D eigenvalue weighted by Crippen LogP contribution is -2.49. The first-order valence-corrected chi connectivity index (χ1v) is 9.98. The number of hydrogen-bond acceptors (Lipinski definition) is 9. The van der Waals surface area contributed by atoms with Crippen molar-refractivity contribution < 1.29 is 21.8 Å². The number of aromatic nitrogens is 2. The number of sulfonamides is 1. The maximum atomic E-state index is 12.9. The van der Waals surface area contributed by atoms with E-state index in [4.69, 9.17) is 13.4 Å². The summed E-state index contributed by atoms with van der Waals surface area (Å²) in [5.41, 5.74) is 0.471. The van der Waals surface area contributed by atoms with Gasteiger partial charge in [-0.25, -0.2) is 8.42 Å². The van der Waals surface area contributed by atoms with Crippen LogP contribution in [0.5, 0.6) is 0 Å². The molecular formula is C17H17N5O5S. The van der Waals surface area contributed by atoms with Crippen molar-refractivity contribution in [2.75, 3.05) is 31.1 Å². The average molecular weight is 403 g/mol. The van der Waals surface area contributed by atoms with Crippen LogP contribution in [0.15, 0.2) is 36.6 Å². The highest BCUT2D eigenvalue weighted by Gasteiger charge is 2.34. The van der Waals surface area contributed by atoms with Gasteiger partial charge < -0.3 is 18.3 Å². The molecule has 0 radical (unpaired) electrons. The van der Waals surface area contributed by atoms with E-state index in [0.717, 1.165) is 0 Å². The van der Waals surface area contributed by atoms with Gasteiger partial charge >= 0.3 is 0 Å². The standard InChI is InChI=1S/C17H17N5O5S/c1-11-15(12(2)27-20-11)28(23,24)22-7-5-21(6-8-22)17-13(10-18)19-16(26-17)14-4-3-9-25-14/h3-4,9H,5-8H2,1-2H3. The Bertz CT molecular complexity index is 1110. The Morgan fingerprint density at radius 2 is 1.96 bits per heavy atom. The summed E-state index contributed by atoms with van der Waals surface area (Å²) in [6, 6.07) is 5.40. The first-order chi connectivity index (χ1) is 13.4. The Morgan fingerprint density at radius 3 is 2.54 bits per heavy atom. The molecule has 1 saturated heterocycles. The normalized spacial score (nSPS) is 15.7. The van der Waals surface area contributed by atoms with Gasteiger partial charge in [0.15, 0.2) is 11.5 Å². The van der Waals surface area contributed by atoms with Crippen LogP contribution in [0.25, 0.3) is 11.7 Å². The molecule has 0 atom stereocenters. The van der Waals surface area contributed by atoms with Gasteiger partial charge in [0.1, 0.15) is 16.7 Å². The van der Waals surface area contributed by atoms with Crippen LogP contribution in [-0.4, -0.2) is 49.0 Å². The van der Waals surface area contributed by atoms with Crippen LogP contribution in [0.1, 0.15) is 17.1 Å². The van der Waals surface area contributed by atoms with Crippen molar-refractivity contribution in [1.82, 2.24) is 14.4 Å². The van der Waals surface area contributed by atoms with E-state index in [9.17, 15) is 13.7 Å². The second-order valence-electron chi connectivity index (χ2n) is 6.31. The minimum absolute atomic E-state index is 0.110. The van der Waals surface area contributed by atoms with E-state index in [1.54, 1.807) is 30.9 Å². The van der Waals surface area contributed by atoms with Gasteiger partial charge in [-0.3, -0.25) is 0 Å². The molecule has 0 spiro atoms. The van der Waals surface area contributed by atoms with Gasteiger partial charge in [0.25, 0.3) is 5.89 Å². The summed E-state index contributed by atoms with van der Waals surface area (Å²) in [5, 5.41) is 13.1. The number of nitriles is 1. The molecule has 0 aromatic carbocycles. The first kappa shape index (κ1) is 18.3. The van der Waals surface area contributed by atoms with Crippen molar-refractivity contribution in [3.63, 3.8) is 0 Å². The zero-order chi connectivity index (χ0) is 19.9. The molecule has 0 bridgehead atoms. The zero-order valence-electron chi connectivity index (χ0n) is 15.2. The molecule has 10 nitrogen and oxygen atoms in total. The average Bonchev–Trinajstić information content (AvgIpc) is 3.41. The number of rotatable bonds is 4. The van der Waals surface area contributed by atoms with Crippen molar-refractivity contribution in [2.45, 2.75) is 18.7 Å². The van der Waals surface area contributed by atoms with E-state index in [0.29, 0.717) is 30.4 Å². The SMILES string of the molecule is Cc1noc(C)c1S(=O)(=O)N1CCN(c2oc(-c3ccco3)nc2C#N)CC1. The second-order valence-corrected chi connectivity index (χ2v) is 8.18. The van der Waals surface area contributed by atoms with Crippen LogP contribution >= 0.6 is 0 Å². The largest absolute Gasteiger partial charge is 0.459 e. The van der Waals surface area contributed by atoms with Crippen LogP contribution in [0.2, 0.25) is 0 Å². The summed E-state index contributed by atoms with van der Waals surface area (Å²) < 4.78 is 43.2. The summed E-state index contributed by atoms with van der Waals surface area (Å²) >= 11 is 0. The smallest absolute Gasteiger partial charge is 0.266 e. The zero-order valence-corrected chi connectivity index (χ0v) is 16.1. The highest BCUT2D eigenvalue weighted by Crippen LogP contribution is 2.30. The number of piperazine rings is 1. The van der Waals surface area contributed by atoms with E-state index in [-0.39, 0.29) is 35.3 Å². The fraction of sp³-hybridized carbons (Fsp3) is 0.353. The highest BCUT2D eigenvalue weighted by molar-refractivity contribution is 7.89. The number of nitrogens with zero attached hydrogens (tertiary/aromatic N) is 5. The van der Waals surface area contributed by atoms with Crippen molar-refractivity contribution in [3.8, 4) is 17.7 Å².